The van der Waals surface area contributed by atoms with Crippen LogP contribution in [0.3, 0.4) is 0 Å². The number of rotatable bonds is 38. The molecule has 26 heteroatoms. The van der Waals surface area contributed by atoms with Crippen LogP contribution < -0.4 is 27.0 Å². The molecule has 520 valence electrons. The van der Waals surface area contributed by atoms with Gasteiger partial charge in [0.15, 0.2) is 0 Å². The summed E-state index contributed by atoms with van der Waals surface area (Å²) in [5, 5.41) is 11.0. The van der Waals surface area contributed by atoms with Crippen LogP contribution in [0.5, 0.6) is 0 Å². The quantitative estimate of drug-likeness (QED) is 0.0240. The molecule has 4 rings (SSSR count). The maximum atomic E-state index is 14.8. The highest BCUT2D eigenvalue weighted by molar-refractivity contribution is 6.34. The SMILES string of the molecule is CC[C@H](C)C([C@@H](CC(=O)N1CCC[C@H]1[C@H](OC)[C@@H](C)C(=O)C(=O)OCc1ccccc1)OC)N(C)C(=O)[C@@H](NC(=O)[C@H](C(C)C)N(C)C(=O)OCc1ccc(NC(=O)[C@H](CCCNC(N)=O)NC(=O)C(C(C)C)N(C)C(=O)CCCCCN2C(=O)C=CC2=O)cc1)C(C)C. The first-order valence-corrected chi connectivity index (χ1v) is 32.6. The van der Waals surface area contributed by atoms with Gasteiger partial charge in [-0.2, -0.15) is 0 Å². The predicted octanol–water partition coefficient (Wildman–Crippen LogP) is 5.49. The number of methoxy groups -OCH3 is 2. The van der Waals surface area contributed by atoms with Gasteiger partial charge in [-0.25, -0.2) is 14.4 Å². The Hall–Kier alpha value is -8.26. The van der Waals surface area contributed by atoms with Gasteiger partial charge in [-0.05, 0) is 85.5 Å². The predicted molar refractivity (Wildman–Crippen MR) is 350 cm³/mol. The molecule has 2 unspecified atom stereocenters. The topological polar surface area (TPSA) is 332 Å². The number of urea groups is 1. The molecule has 2 aromatic rings. The van der Waals surface area contributed by atoms with Crippen molar-refractivity contribution >= 4 is 76.8 Å². The van der Waals surface area contributed by atoms with Crippen molar-refractivity contribution in [2.24, 2.45) is 35.3 Å². The number of primary amides is 1. The van der Waals surface area contributed by atoms with Gasteiger partial charge in [-0.1, -0.05) is 118 Å². The second-order valence-corrected chi connectivity index (χ2v) is 25.4. The molecule has 2 aromatic carbocycles. The molecule has 10 atom stereocenters. The second-order valence-electron chi connectivity index (χ2n) is 25.4. The number of benzene rings is 2. The van der Waals surface area contributed by atoms with Gasteiger partial charge >= 0.3 is 18.1 Å². The fraction of sp³-hybridized carbons (Fsp3) is 0.618. The molecular formula is C68H102N10O16. The van der Waals surface area contributed by atoms with Gasteiger partial charge in [0.1, 0.15) is 37.4 Å². The molecule has 0 spiro atoms. The standard InChI is InChI=1S/C68H102N10O16/c1-15-44(8)59(51(91-13)38-55(82)77-37-23-27-50(77)61(92-14)45(9)60(83)66(88)93-39-46-24-18-16-19-25-46)75(11)65(87)56(41(2)3)73-64(86)58(43(6)7)76(12)68(90)94-40-47-29-31-48(32-30-47)71-62(84)49(26-22-35-70-67(69)89)72-63(85)57(42(4)5)74(10)52(79)28-20-17-21-36-78-53(80)33-34-54(78)81/h16,18-19,24-25,29-34,41-45,49-51,56-59,61H,15,17,20-23,26-28,35-40H2,1-14H3,(H,71,84)(H,72,85)(H,73,86)(H3,69,70,89)/t44-,45-,49-,50-,51+,56-,57?,58-,59?,61+/m0/s1. The van der Waals surface area contributed by atoms with Crippen molar-refractivity contribution in [1.29, 1.82) is 0 Å². The minimum atomic E-state index is -1.12. The Morgan fingerprint density at radius 2 is 1.28 bits per heavy atom. The van der Waals surface area contributed by atoms with Gasteiger partial charge in [0, 0.05) is 79.3 Å². The summed E-state index contributed by atoms with van der Waals surface area (Å²) >= 11 is 0. The molecule has 2 aliphatic rings. The van der Waals surface area contributed by atoms with Gasteiger partial charge in [0.05, 0.1) is 36.6 Å². The minimum Gasteiger partial charge on any atom is -0.455 e. The Kier molecular flexibility index (Phi) is 31.8. The summed E-state index contributed by atoms with van der Waals surface area (Å²) in [5.74, 6) is -7.69. The van der Waals surface area contributed by atoms with Crippen molar-refractivity contribution in [3.8, 4) is 0 Å². The third-order valence-corrected chi connectivity index (χ3v) is 17.6. The summed E-state index contributed by atoms with van der Waals surface area (Å²) in [6.45, 7) is 16.6. The highest BCUT2D eigenvalue weighted by Crippen LogP contribution is 2.31. The number of Topliss-reactive ketones (excluding diaryl/α,β-unsaturated/α-hetero) is 1. The Morgan fingerprint density at radius 3 is 1.85 bits per heavy atom. The maximum absolute atomic E-state index is 14.8. The molecule has 0 aromatic heterocycles. The minimum absolute atomic E-state index is 0.0741. The number of esters is 1. The Bertz CT molecular complexity index is 2920. The molecule has 0 saturated carbocycles. The van der Waals surface area contributed by atoms with Crippen LogP contribution in [0, 0.1) is 29.6 Å². The number of amides is 11. The zero-order valence-corrected chi connectivity index (χ0v) is 57.3. The highest BCUT2D eigenvalue weighted by atomic mass is 16.6. The summed E-state index contributed by atoms with van der Waals surface area (Å²) in [6.07, 6.45) is 3.55. The first-order valence-electron chi connectivity index (χ1n) is 32.6. The third-order valence-electron chi connectivity index (χ3n) is 17.6. The van der Waals surface area contributed by atoms with Crippen molar-refractivity contribution in [3.05, 3.63) is 77.9 Å². The van der Waals surface area contributed by atoms with Gasteiger partial charge < -0.3 is 60.6 Å². The van der Waals surface area contributed by atoms with Crippen molar-refractivity contribution in [2.75, 3.05) is 60.3 Å². The number of nitrogens with one attached hydrogen (secondary N) is 4. The van der Waals surface area contributed by atoms with Crippen LogP contribution in [0.15, 0.2) is 66.7 Å². The summed E-state index contributed by atoms with van der Waals surface area (Å²) in [5.41, 5.74) is 6.84. The molecule has 6 N–H and O–H groups in total. The number of ketones is 1. The van der Waals surface area contributed by atoms with E-state index in [4.69, 9.17) is 24.7 Å². The van der Waals surface area contributed by atoms with Gasteiger partial charge in [-0.3, -0.25) is 53.0 Å². The van der Waals surface area contributed by atoms with E-state index in [9.17, 15) is 57.5 Å². The maximum Gasteiger partial charge on any atom is 0.410 e. The Morgan fingerprint density at radius 1 is 0.681 bits per heavy atom. The number of nitrogens with zero attached hydrogens (tertiary/aromatic N) is 5. The fourth-order valence-corrected chi connectivity index (χ4v) is 12.1. The van der Waals surface area contributed by atoms with Crippen molar-refractivity contribution in [2.45, 2.75) is 188 Å². The zero-order valence-electron chi connectivity index (χ0n) is 57.3. The van der Waals surface area contributed by atoms with Gasteiger partial charge in [0.2, 0.25) is 41.2 Å². The van der Waals surface area contributed by atoms with E-state index >= 15 is 0 Å². The summed E-state index contributed by atoms with van der Waals surface area (Å²) < 4.78 is 22.9. The van der Waals surface area contributed by atoms with E-state index in [1.54, 1.807) is 109 Å². The van der Waals surface area contributed by atoms with Crippen LogP contribution in [-0.4, -0.2) is 199 Å². The number of carbonyl (C=O) groups excluding carboxylic acids is 12. The number of likely N-dealkylation sites (tertiary alicyclic amines) is 1. The van der Waals surface area contributed by atoms with E-state index in [1.807, 2.05) is 19.9 Å². The average Bonchev–Trinajstić information content (AvgIpc) is 1.48. The van der Waals surface area contributed by atoms with Crippen molar-refractivity contribution < 1.29 is 76.5 Å². The Labute approximate surface area is 553 Å². The molecule has 26 nitrogen and oxygen atoms in total. The van der Waals surface area contributed by atoms with Gasteiger partial charge in [-0.15, -0.1) is 0 Å². The van der Waals surface area contributed by atoms with Crippen LogP contribution in [-0.2, 0) is 80.1 Å². The van der Waals surface area contributed by atoms with E-state index in [1.165, 1.54) is 55.2 Å². The Balaban J connectivity index is 1.38. The molecule has 0 aliphatic carbocycles. The van der Waals surface area contributed by atoms with Crippen LogP contribution in [0.4, 0.5) is 15.3 Å². The largest absolute Gasteiger partial charge is 0.455 e. The lowest BCUT2D eigenvalue weighted by Crippen LogP contribution is -2.60. The lowest BCUT2D eigenvalue weighted by Gasteiger charge is -2.41. The van der Waals surface area contributed by atoms with E-state index in [0.29, 0.717) is 56.3 Å². The monoisotopic (exact) mass is 1310 g/mol. The second kappa shape index (κ2) is 38.2. The molecule has 11 amide bonds. The van der Waals surface area contributed by atoms with Crippen LogP contribution in [0.1, 0.15) is 138 Å². The number of likely N-dealkylation sites (N-methyl/N-ethyl adjacent to an activating group) is 3. The summed E-state index contributed by atoms with van der Waals surface area (Å²) in [6, 6.07) is 9.17. The fourth-order valence-electron chi connectivity index (χ4n) is 12.1. The van der Waals surface area contributed by atoms with Crippen LogP contribution in [0.2, 0.25) is 0 Å². The van der Waals surface area contributed by atoms with Crippen LogP contribution in [0.25, 0.3) is 0 Å². The molecule has 2 heterocycles. The molecule has 0 radical (unpaired) electrons. The number of imide groups is 1. The molecule has 1 saturated heterocycles. The molecule has 0 bridgehead atoms. The molecule has 94 heavy (non-hydrogen) atoms. The highest BCUT2D eigenvalue weighted by Gasteiger charge is 2.45. The smallest absolute Gasteiger partial charge is 0.410 e. The number of anilines is 1. The van der Waals surface area contributed by atoms with E-state index < -0.39 is 114 Å². The zero-order chi connectivity index (χ0) is 70.1. The number of carbonyl (C=O) groups is 12. The molecule has 1 fully saturated rings. The van der Waals surface area contributed by atoms with Crippen LogP contribution >= 0.6 is 0 Å². The molecular weight excluding hydrogens is 1210 g/mol. The number of unbranched alkanes of at least 4 members (excludes halogenated alkanes) is 2. The van der Waals surface area contributed by atoms with E-state index in [2.05, 4.69) is 21.3 Å². The normalized spacial score (nSPS) is 16.7. The lowest BCUT2D eigenvalue weighted by molar-refractivity contribution is -0.159. The van der Waals surface area contributed by atoms with E-state index in [0.717, 1.165) is 10.5 Å². The number of hydrogen-bond acceptors (Lipinski definition) is 16. The first-order chi connectivity index (χ1) is 44.5. The molecule has 2 aliphatic heterocycles. The van der Waals surface area contributed by atoms with E-state index in [-0.39, 0.29) is 87.5 Å². The first kappa shape index (κ1) is 78.2. The summed E-state index contributed by atoms with van der Waals surface area (Å²) in [4.78, 5) is 167. The number of ether oxygens (including phenoxy) is 4. The third kappa shape index (κ3) is 22.5. The lowest BCUT2D eigenvalue weighted by atomic mass is 9.89. The number of nitrogens with two attached hydrogens (primary N) is 1. The van der Waals surface area contributed by atoms with Crippen molar-refractivity contribution in [3.63, 3.8) is 0 Å². The summed E-state index contributed by atoms with van der Waals surface area (Å²) in [7, 11) is 7.47. The average molecular weight is 1320 g/mol. The number of hydrogen-bond donors (Lipinski definition) is 5. The van der Waals surface area contributed by atoms with Crippen molar-refractivity contribution in [1.82, 2.24) is 40.4 Å². The van der Waals surface area contributed by atoms with Gasteiger partial charge in [0.25, 0.3) is 11.8 Å².